The van der Waals surface area contributed by atoms with Gasteiger partial charge in [-0.1, -0.05) is 13.0 Å². The maximum absolute atomic E-state index is 6.02. The third-order valence-corrected chi connectivity index (χ3v) is 4.88. The number of nitrogens with zero attached hydrogens (tertiary/aromatic N) is 5. The summed E-state index contributed by atoms with van der Waals surface area (Å²) < 4.78 is 6.02. The predicted octanol–water partition coefficient (Wildman–Crippen LogP) is 2.74. The molecule has 27 heavy (non-hydrogen) atoms. The Morgan fingerprint density at radius 2 is 2.07 bits per heavy atom. The van der Waals surface area contributed by atoms with Crippen molar-refractivity contribution in [2.75, 3.05) is 46.9 Å². The number of hydrazine groups is 1. The Hall–Kier alpha value is -2.18. The number of amidine groups is 2. The fourth-order valence-corrected chi connectivity index (χ4v) is 3.27. The van der Waals surface area contributed by atoms with E-state index in [2.05, 4.69) is 67.3 Å². The molecule has 0 saturated carbocycles. The van der Waals surface area contributed by atoms with E-state index in [1.165, 1.54) is 11.1 Å². The van der Waals surface area contributed by atoms with Crippen molar-refractivity contribution in [3.05, 3.63) is 41.6 Å². The molecule has 0 aromatic heterocycles. The van der Waals surface area contributed by atoms with Crippen LogP contribution >= 0.6 is 0 Å². The number of aryl methyl sites for hydroxylation is 1. The van der Waals surface area contributed by atoms with Crippen LogP contribution in [-0.2, 0) is 6.42 Å². The molecular formula is C21H31N5O. The minimum Gasteiger partial charge on any atom is -0.492 e. The Morgan fingerprint density at radius 3 is 2.89 bits per heavy atom. The summed E-state index contributed by atoms with van der Waals surface area (Å²) in [7, 11) is 4.20. The van der Waals surface area contributed by atoms with Crippen LogP contribution in [0.15, 0.2) is 40.5 Å². The molecule has 2 aliphatic heterocycles. The zero-order valence-corrected chi connectivity index (χ0v) is 17.0. The molecule has 0 saturated heterocycles. The van der Waals surface area contributed by atoms with Gasteiger partial charge in [-0.3, -0.25) is 10.0 Å². The van der Waals surface area contributed by atoms with E-state index in [1.54, 1.807) is 0 Å². The van der Waals surface area contributed by atoms with E-state index in [1.807, 2.05) is 6.08 Å². The Kier molecular flexibility index (Phi) is 6.63. The molecule has 146 valence electrons. The van der Waals surface area contributed by atoms with Crippen molar-refractivity contribution in [3.63, 3.8) is 0 Å². The molecule has 2 aliphatic rings. The third kappa shape index (κ3) is 5.40. The summed E-state index contributed by atoms with van der Waals surface area (Å²) in [6, 6.07) is 6.44. The van der Waals surface area contributed by atoms with Crippen LogP contribution in [0.2, 0.25) is 0 Å². The van der Waals surface area contributed by atoms with Crippen LogP contribution in [0, 0.1) is 6.92 Å². The molecule has 0 N–H and O–H groups in total. The Labute approximate surface area is 162 Å². The maximum Gasteiger partial charge on any atom is 0.150 e. The molecule has 0 fully saturated rings. The molecule has 1 aromatic rings. The Balaban J connectivity index is 1.93. The van der Waals surface area contributed by atoms with Gasteiger partial charge in [-0.05, 0) is 50.2 Å². The molecule has 6 nitrogen and oxygen atoms in total. The van der Waals surface area contributed by atoms with E-state index in [0.717, 1.165) is 56.4 Å². The second-order valence-electron chi connectivity index (χ2n) is 7.24. The number of hydrogen-bond acceptors (Lipinski definition) is 6. The molecule has 0 radical (unpaired) electrons. The first-order valence-electron chi connectivity index (χ1n) is 9.77. The third-order valence-electron chi connectivity index (χ3n) is 4.88. The van der Waals surface area contributed by atoms with Crippen molar-refractivity contribution < 1.29 is 4.74 Å². The van der Waals surface area contributed by atoms with Gasteiger partial charge in [0.15, 0.2) is 5.84 Å². The zero-order valence-electron chi connectivity index (χ0n) is 17.0. The summed E-state index contributed by atoms with van der Waals surface area (Å²) in [6.07, 6.45) is 5.83. The summed E-state index contributed by atoms with van der Waals surface area (Å²) in [6.45, 7) is 8.56. The lowest BCUT2D eigenvalue weighted by molar-refractivity contribution is 0.134. The van der Waals surface area contributed by atoms with E-state index in [9.17, 15) is 0 Å². The average Bonchev–Trinajstić information content (AvgIpc) is 2.64. The summed E-state index contributed by atoms with van der Waals surface area (Å²) in [5, 5.41) is 4.27. The van der Waals surface area contributed by atoms with Crippen LogP contribution in [0.4, 0.5) is 0 Å². The normalized spacial score (nSPS) is 19.1. The molecule has 0 unspecified atom stereocenters. The second-order valence-corrected chi connectivity index (χ2v) is 7.24. The van der Waals surface area contributed by atoms with Crippen LogP contribution in [0.25, 0.3) is 0 Å². The molecule has 2 heterocycles. The van der Waals surface area contributed by atoms with Crippen molar-refractivity contribution >= 4 is 11.7 Å². The molecule has 1 aromatic carbocycles. The SMILES string of the molecule is CCN(C)N1C=CC2=NCCCN(C)CCOc3cc(C)cc(c3)CC1=N2. The molecule has 6 heteroatoms. The fourth-order valence-electron chi connectivity index (χ4n) is 3.27. The van der Waals surface area contributed by atoms with Gasteiger partial charge in [0.05, 0.1) is 0 Å². The van der Waals surface area contributed by atoms with Crippen LogP contribution < -0.4 is 4.74 Å². The first-order chi connectivity index (χ1) is 13.0. The Bertz CT molecular complexity index is 740. The Morgan fingerprint density at radius 1 is 1.22 bits per heavy atom. The molecular weight excluding hydrogens is 338 g/mol. The van der Waals surface area contributed by atoms with E-state index < -0.39 is 0 Å². The molecule has 0 amide bonds. The average molecular weight is 370 g/mol. The number of benzene rings is 1. The van der Waals surface area contributed by atoms with Gasteiger partial charge in [-0.2, -0.15) is 0 Å². The summed E-state index contributed by atoms with van der Waals surface area (Å²) >= 11 is 0. The largest absolute Gasteiger partial charge is 0.492 e. The van der Waals surface area contributed by atoms with Crippen LogP contribution in [0.3, 0.4) is 0 Å². The molecule has 3 rings (SSSR count). The molecule has 0 spiro atoms. The van der Waals surface area contributed by atoms with Gasteiger partial charge >= 0.3 is 0 Å². The van der Waals surface area contributed by atoms with Gasteiger partial charge < -0.3 is 9.64 Å². The van der Waals surface area contributed by atoms with Crippen LogP contribution in [0.5, 0.6) is 5.75 Å². The maximum atomic E-state index is 6.02. The number of rotatable bonds is 2. The minimum absolute atomic E-state index is 0.696. The van der Waals surface area contributed by atoms with Crippen molar-refractivity contribution in [1.29, 1.82) is 0 Å². The van der Waals surface area contributed by atoms with Crippen molar-refractivity contribution in [2.24, 2.45) is 9.98 Å². The molecule has 0 atom stereocenters. The highest BCUT2D eigenvalue weighted by Gasteiger charge is 2.18. The zero-order chi connectivity index (χ0) is 19.2. The van der Waals surface area contributed by atoms with Gasteiger partial charge in [0.1, 0.15) is 18.2 Å². The monoisotopic (exact) mass is 369 g/mol. The van der Waals surface area contributed by atoms with Crippen LogP contribution in [-0.4, -0.2) is 73.5 Å². The van der Waals surface area contributed by atoms with E-state index in [-0.39, 0.29) is 0 Å². The quantitative estimate of drug-likeness (QED) is 0.804. The first-order valence-corrected chi connectivity index (χ1v) is 9.77. The second kappa shape index (κ2) is 9.15. The van der Waals surface area contributed by atoms with E-state index in [4.69, 9.17) is 14.7 Å². The summed E-state index contributed by atoms with van der Waals surface area (Å²) in [4.78, 5) is 11.8. The lowest BCUT2D eigenvalue weighted by Gasteiger charge is -2.32. The van der Waals surface area contributed by atoms with Crippen molar-refractivity contribution in [2.45, 2.75) is 26.7 Å². The molecule has 0 aliphatic carbocycles. The van der Waals surface area contributed by atoms with Gasteiger partial charge in [0, 0.05) is 45.4 Å². The van der Waals surface area contributed by atoms with Crippen LogP contribution in [0.1, 0.15) is 24.5 Å². The molecule has 4 bridgehead atoms. The smallest absolute Gasteiger partial charge is 0.150 e. The summed E-state index contributed by atoms with van der Waals surface area (Å²) in [5.74, 6) is 2.74. The predicted molar refractivity (Wildman–Crippen MR) is 112 cm³/mol. The fraction of sp³-hybridized carbons (Fsp3) is 0.524. The highest BCUT2D eigenvalue weighted by molar-refractivity contribution is 6.05. The summed E-state index contributed by atoms with van der Waals surface area (Å²) in [5.41, 5.74) is 2.41. The van der Waals surface area contributed by atoms with E-state index in [0.29, 0.717) is 6.61 Å². The number of likely N-dealkylation sites (N-methyl/N-ethyl adjacent to an activating group) is 1. The number of hydrogen-bond donors (Lipinski definition) is 0. The number of fused-ring (bicyclic) bond motifs is 3. The highest BCUT2D eigenvalue weighted by atomic mass is 16.5. The lowest BCUT2D eigenvalue weighted by Crippen LogP contribution is -2.43. The lowest BCUT2D eigenvalue weighted by atomic mass is 10.1. The van der Waals surface area contributed by atoms with Gasteiger partial charge in [0.25, 0.3) is 0 Å². The van der Waals surface area contributed by atoms with Crippen molar-refractivity contribution in [1.82, 2.24) is 14.9 Å². The minimum atomic E-state index is 0.696. The van der Waals surface area contributed by atoms with Gasteiger partial charge in [-0.15, -0.1) is 0 Å². The van der Waals surface area contributed by atoms with E-state index >= 15 is 0 Å². The van der Waals surface area contributed by atoms with Gasteiger partial charge in [-0.25, -0.2) is 10.0 Å². The van der Waals surface area contributed by atoms with Crippen molar-refractivity contribution in [3.8, 4) is 5.75 Å². The van der Waals surface area contributed by atoms with Gasteiger partial charge in [0.2, 0.25) is 0 Å². The standard InChI is InChI=1S/C21H31N5O/c1-5-25(4)26-10-7-20-22-8-6-9-24(3)11-12-27-19-14-17(2)13-18(15-19)16-21(26)23-20/h7,10,13-15H,5-6,8-9,11-12,16H2,1-4H3. The number of aliphatic imine (C=N–C) groups is 2. The highest BCUT2D eigenvalue weighted by Crippen LogP contribution is 2.20. The topological polar surface area (TPSA) is 43.7 Å². The number of ether oxygens (including phenoxy) is 1. The first kappa shape index (κ1) is 19.6.